The first-order chi connectivity index (χ1) is 19.4. The fourth-order valence-corrected chi connectivity index (χ4v) is 6.24. The molecule has 4 aromatic rings. The second kappa shape index (κ2) is 12.7. The Kier molecular flexibility index (Phi) is 8.86. The number of hydrogen-bond acceptors (Lipinski definition) is 2. The zero-order valence-electron chi connectivity index (χ0n) is 23.5. The van der Waals surface area contributed by atoms with Crippen LogP contribution in [0, 0.1) is 18.3 Å². The van der Waals surface area contributed by atoms with E-state index in [4.69, 9.17) is 11.6 Å². The molecule has 1 saturated heterocycles. The Bertz CT molecular complexity index is 1320. The summed E-state index contributed by atoms with van der Waals surface area (Å²) in [6.45, 7) is 7.03. The Labute approximate surface area is 243 Å². The summed E-state index contributed by atoms with van der Waals surface area (Å²) in [7, 11) is 0. The van der Waals surface area contributed by atoms with Crippen LogP contribution < -0.4 is 0 Å². The van der Waals surface area contributed by atoms with Crippen molar-refractivity contribution in [3.63, 3.8) is 0 Å². The highest BCUT2D eigenvalue weighted by Gasteiger charge is 2.43. The number of amides is 2. The molecule has 1 aliphatic heterocycles. The first-order valence-corrected chi connectivity index (χ1v) is 14.5. The highest BCUT2D eigenvalue weighted by Crippen LogP contribution is 2.41. The summed E-state index contributed by atoms with van der Waals surface area (Å²) in [6.07, 6.45) is 6.70. The van der Waals surface area contributed by atoms with E-state index in [1.54, 1.807) is 0 Å². The molecular weight excluding hydrogens is 514 g/mol. The van der Waals surface area contributed by atoms with E-state index in [0.29, 0.717) is 24.0 Å². The molecule has 3 aromatic carbocycles. The van der Waals surface area contributed by atoms with E-state index in [9.17, 15) is 4.79 Å². The van der Waals surface area contributed by atoms with Gasteiger partial charge in [0.2, 0.25) is 0 Å². The Morgan fingerprint density at radius 1 is 0.900 bits per heavy atom. The Balaban J connectivity index is 1.37. The van der Waals surface area contributed by atoms with Crippen LogP contribution in [-0.4, -0.2) is 33.9 Å². The lowest BCUT2D eigenvalue weighted by atomic mass is 9.71. The number of benzene rings is 3. The number of aromatic nitrogens is 1. The molecule has 4 nitrogen and oxygen atoms in total. The maximum absolute atomic E-state index is 14.2. The van der Waals surface area contributed by atoms with Crippen molar-refractivity contribution in [3.8, 4) is 0 Å². The predicted molar refractivity (Wildman–Crippen MR) is 163 cm³/mol. The number of urea groups is 1. The molecule has 0 radical (unpaired) electrons. The van der Waals surface area contributed by atoms with E-state index in [0.717, 1.165) is 43.5 Å². The molecule has 1 aliphatic rings. The summed E-state index contributed by atoms with van der Waals surface area (Å²) in [4.78, 5) is 22.6. The van der Waals surface area contributed by atoms with Crippen LogP contribution in [0.2, 0.25) is 5.02 Å². The van der Waals surface area contributed by atoms with Gasteiger partial charge in [0.25, 0.3) is 0 Å². The lowest BCUT2D eigenvalue weighted by molar-refractivity contribution is 0.140. The largest absolute Gasteiger partial charge is 0.324 e. The predicted octanol–water partition coefficient (Wildman–Crippen LogP) is 7.98. The molecule has 2 atom stereocenters. The first kappa shape index (κ1) is 27.9. The van der Waals surface area contributed by atoms with Gasteiger partial charge in [-0.15, -0.1) is 0 Å². The minimum atomic E-state index is -0.00754. The molecule has 5 heteroatoms. The van der Waals surface area contributed by atoms with Crippen molar-refractivity contribution in [1.82, 2.24) is 14.8 Å². The van der Waals surface area contributed by atoms with Gasteiger partial charge in [0.05, 0.1) is 0 Å². The van der Waals surface area contributed by atoms with Crippen LogP contribution in [0.5, 0.6) is 0 Å². The Hall–Kier alpha value is -3.63. The molecule has 0 bridgehead atoms. The van der Waals surface area contributed by atoms with E-state index in [1.807, 2.05) is 47.6 Å². The highest BCUT2D eigenvalue weighted by atomic mass is 35.5. The Morgan fingerprint density at radius 3 is 2.27 bits per heavy atom. The van der Waals surface area contributed by atoms with Crippen LogP contribution in [-0.2, 0) is 25.9 Å². The molecule has 5 rings (SSSR count). The quantitative estimate of drug-likeness (QED) is 0.211. The molecule has 0 N–H and O–H groups in total. The lowest BCUT2D eigenvalue weighted by Crippen LogP contribution is -2.43. The molecule has 2 amide bonds. The lowest BCUT2D eigenvalue weighted by Gasteiger charge is -2.35. The fourth-order valence-electron chi connectivity index (χ4n) is 6.03. The number of nitrogens with zero attached hydrogens (tertiary/aromatic N) is 3. The minimum Gasteiger partial charge on any atom is -0.324 e. The van der Waals surface area contributed by atoms with Gasteiger partial charge < -0.3 is 9.80 Å². The maximum atomic E-state index is 14.2. The molecule has 206 valence electrons. The summed E-state index contributed by atoms with van der Waals surface area (Å²) >= 11 is 6.30. The van der Waals surface area contributed by atoms with Crippen molar-refractivity contribution in [3.05, 3.63) is 136 Å². The van der Waals surface area contributed by atoms with Gasteiger partial charge in [-0.3, -0.25) is 4.98 Å². The SMILES string of the molecule is Cc1cccc(CN(Cc2cccc(Cl)c2)C(=O)N2CCC(C)(C(Cc3ccccc3)Cc3cccnc3)C2)c1. The van der Waals surface area contributed by atoms with Gasteiger partial charge in [0.15, 0.2) is 0 Å². The van der Waals surface area contributed by atoms with Crippen LogP contribution in [0.3, 0.4) is 0 Å². The van der Waals surface area contributed by atoms with Crippen LogP contribution in [0.4, 0.5) is 4.79 Å². The zero-order chi connectivity index (χ0) is 28.0. The molecule has 40 heavy (non-hydrogen) atoms. The van der Waals surface area contributed by atoms with E-state index in [2.05, 4.69) is 84.4 Å². The third kappa shape index (κ3) is 7.11. The molecule has 1 fully saturated rings. The fraction of sp³-hybridized carbons (Fsp3) is 0.314. The first-order valence-electron chi connectivity index (χ1n) is 14.1. The smallest absolute Gasteiger partial charge is 0.320 e. The van der Waals surface area contributed by atoms with Gasteiger partial charge in [0.1, 0.15) is 0 Å². The molecule has 0 aliphatic carbocycles. The van der Waals surface area contributed by atoms with Crippen LogP contribution in [0.1, 0.15) is 41.2 Å². The second-order valence-corrected chi connectivity index (χ2v) is 12.0. The average molecular weight is 552 g/mol. The number of rotatable bonds is 9. The van der Waals surface area contributed by atoms with Crippen molar-refractivity contribution in [2.75, 3.05) is 13.1 Å². The number of halogens is 1. The van der Waals surface area contributed by atoms with Crippen molar-refractivity contribution in [1.29, 1.82) is 0 Å². The maximum Gasteiger partial charge on any atom is 0.320 e. The molecule has 2 unspecified atom stereocenters. The van der Waals surface area contributed by atoms with Crippen LogP contribution >= 0.6 is 11.6 Å². The number of likely N-dealkylation sites (tertiary alicyclic amines) is 1. The van der Waals surface area contributed by atoms with Crippen molar-refractivity contribution < 1.29 is 4.79 Å². The molecule has 1 aromatic heterocycles. The summed E-state index contributed by atoms with van der Waals surface area (Å²) in [5, 5.41) is 0.688. The number of carbonyl (C=O) groups excluding carboxylic acids is 1. The monoisotopic (exact) mass is 551 g/mol. The second-order valence-electron chi connectivity index (χ2n) is 11.5. The zero-order valence-corrected chi connectivity index (χ0v) is 24.2. The van der Waals surface area contributed by atoms with Gasteiger partial charge in [-0.25, -0.2) is 4.79 Å². The van der Waals surface area contributed by atoms with Gasteiger partial charge in [-0.05, 0) is 78.0 Å². The normalized spacial score (nSPS) is 17.5. The van der Waals surface area contributed by atoms with Crippen LogP contribution in [0.15, 0.2) is 103 Å². The number of pyridine rings is 1. The number of hydrogen-bond donors (Lipinski definition) is 0. The minimum absolute atomic E-state index is 0.00754. The van der Waals surface area contributed by atoms with E-state index < -0.39 is 0 Å². The standard InChI is InChI=1S/C35H38ClN3O/c1-27-9-6-12-30(19-27)24-39(25-31-13-7-15-33(36)22-31)34(40)38-18-16-35(2,26-38)32(20-28-10-4-3-5-11-28)21-29-14-8-17-37-23-29/h3-15,17,19,22-23,32H,16,18,20-21,24-26H2,1-2H3. The van der Waals surface area contributed by atoms with E-state index in [-0.39, 0.29) is 11.4 Å². The van der Waals surface area contributed by atoms with Crippen molar-refractivity contribution >= 4 is 17.6 Å². The summed E-state index contributed by atoms with van der Waals surface area (Å²) < 4.78 is 0. The average Bonchev–Trinajstić information content (AvgIpc) is 3.36. The van der Waals surface area contributed by atoms with Crippen LogP contribution in [0.25, 0.3) is 0 Å². The topological polar surface area (TPSA) is 36.4 Å². The van der Waals surface area contributed by atoms with Gasteiger partial charge in [0, 0.05) is 43.6 Å². The summed E-state index contributed by atoms with van der Waals surface area (Å²) in [5.74, 6) is 0.384. The third-order valence-corrected chi connectivity index (χ3v) is 8.51. The third-order valence-electron chi connectivity index (χ3n) is 8.28. The van der Waals surface area contributed by atoms with E-state index in [1.165, 1.54) is 16.7 Å². The van der Waals surface area contributed by atoms with Gasteiger partial charge in [-0.2, -0.15) is 0 Å². The van der Waals surface area contributed by atoms with E-state index >= 15 is 0 Å². The van der Waals surface area contributed by atoms with Gasteiger partial charge >= 0.3 is 6.03 Å². The highest BCUT2D eigenvalue weighted by molar-refractivity contribution is 6.30. The molecule has 0 spiro atoms. The number of aryl methyl sites for hydroxylation is 1. The number of carbonyl (C=O) groups is 1. The van der Waals surface area contributed by atoms with Crippen molar-refractivity contribution in [2.24, 2.45) is 11.3 Å². The van der Waals surface area contributed by atoms with Crippen molar-refractivity contribution in [2.45, 2.75) is 46.2 Å². The van der Waals surface area contributed by atoms with Gasteiger partial charge in [-0.1, -0.05) is 96.9 Å². The molecule has 0 saturated carbocycles. The molecule has 2 heterocycles. The Morgan fingerprint density at radius 2 is 1.57 bits per heavy atom. The summed E-state index contributed by atoms with van der Waals surface area (Å²) in [5.41, 5.74) is 5.94. The summed E-state index contributed by atoms with van der Waals surface area (Å²) in [6, 6.07) is 31.2. The molecular formula is C35H38ClN3O.